The molecule has 0 bridgehead atoms. The molecule has 1 heterocycles. The summed E-state index contributed by atoms with van der Waals surface area (Å²) < 4.78 is 44.8. The number of rotatable bonds is 9. The largest absolute Gasteiger partial charge is 0.457 e. The number of hydrogen-bond donors (Lipinski definition) is 4. The van der Waals surface area contributed by atoms with Crippen LogP contribution in [0.2, 0.25) is 5.02 Å². The van der Waals surface area contributed by atoms with E-state index < -0.39 is 28.7 Å². The first-order chi connectivity index (χ1) is 17.6. The second-order valence-corrected chi connectivity index (χ2v) is 8.29. The van der Waals surface area contributed by atoms with E-state index in [1.54, 1.807) is 30.3 Å². The fourth-order valence-corrected chi connectivity index (χ4v) is 3.40. The van der Waals surface area contributed by atoms with Gasteiger partial charge in [0.25, 0.3) is 5.91 Å². The van der Waals surface area contributed by atoms with Gasteiger partial charge in [0.15, 0.2) is 0 Å². The molecule has 2 aromatic carbocycles. The van der Waals surface area contributed by atoms with E-state index in [1.807, 2.05) is 13.8 Å². The number of nitrogens with one attached hydrogen (secondary N) is 4. The van der Waals surface area contributed by atoms with Crippen LogP contribution in [0, 0.1) is 0 Å². The summed E-state index contributed by atoms with van der Waals surface area (Å²) in [5.41, 5.74) is 5.02. The van der Waals surface area contributed by atoms with Gasteiger partial charge in [0, 0.05) is 29.7 Å². The van der Waals surface area contributed by atoms with Crippen molar-refractivity contribution in [3.63, 3.8) is 0 Å². The maximum absolute atomic E-state index is 13.0. The van der Waals surface area contributed by atoms with Gasteiger partial charge in [-0.3, -0.25) is 15.2 Å². The lowest BCUT2D eigenvalue weighted by Crippen LogP contribution is -2.44. The van der Waals surface area contributed by atoms with Gasteiger partial charge < -0.3 is 15.4 Å². The Morgan fingerprint density at radius 1 is 0.946 bits per heavy atom. The molecule has 0 radical (unpaired) electrons. The van der Waals surface area contributed by atoms with Crippen LogP contribution < -0.4 is 26.2 Å². The minimum Gasteiger partial charge on any atom is -0.457 e. The third-order valence-corrected chi connectivity index (χ3v) is 5.55. The smallest absolute Gasteiger partial charge is 0.417 e. The number of ether oxygens (including phenoxy) is 1. The number of carbonyl (C=O) groups excluding carboxylic acids is 2. The van der Waals surface area contributed by atoms with E-state index in [9.17, 15) is 22.8 Å². The molecule has 0 saturated carbocycles. The summed E-state index contributed by atoms with van der Waals surface area (Å²) in [4.78, 5) is 28.6. The molecular weight excluding hydrogens is 511 g/mol. The minimum atomic E-state index is -4.65. The summed E-state index contributed by atoms with van der Waals surface area (Å²) >= 11 is 5.59. The third-order valence-electron chi connectivity index (χ3n) is 5.22. The van der Waals surface area contributed by atoms with E-state index in [4.69, 9.17) is 16.3 Å². The quantitative estimate of drug-likeness (QED) is 0.231. The van der Waals surface area contributed by atoms with Crippen LogP contribution in [0.5, 0.6) is 11.5 Å². The number of aromatic nitrogens is 1. The first-order valence-corrected chi connectivity index (χ1v) is 11.7. The molecule has 0 aliphatic carbocycles. The number of nitrogens with zero attached hydrogens (tertiary/aromatic N) is 1. The number of halogens is 4. The number of hydrazine groups is 1. The molecule has 3 aromatic rings. The first-order valence-electron chi connectivity index (χ1n) is 11.3. The molecule has 12 heteroatoms. The van der Waals surface area contributed by atoms with Gasteiger partial charge in [0.1, 0.15) is 17.2 Å². The SMILES string of the molecule is CCC(CC)NNC(=O)c1cc(Oc2ccc(NC(=O)Nc3ccc(Cl)c(C(F)(F)F)c3)cc2)ccn1. The Bertz CT molecular complexity index is 1230. The van der Waals surface area contributed by atoms with Crippen LogP contribution in [0.4, 0.5) is 29.3 Å². The zero-order chi connectivity index (χ0) is 27.0. The Balaban J connectivity index is 1.58. The highest BCUT2D eigenvalue weighted by atomic mass is 35.5. The summed E-state index contributed by atoms with van der Waals surface area (Å²) in [6.07, 6.45) is -1.48. The van der Waals surface area contributed by atoms with E-state index in [-0.39, 0.29) is 17.4 Å². The molecule has 37 heavy (non-hydrogen) atoms. The topological polar surface area (TPSA) is 104 Å². The fourth-order valence-electron chi connectivity index (χ4n) is 3.18. The van der Waals surface area contributed by atoms with Crippen LogP contribution in [0.15, 0.2) is 60.8 Å². The van der Waals surface area contributed by atoms with E-state index >= 15 is 0 Å². The highest BCUT2D eigenvalue weighted by molar-refractivity contribution is 6.31. The van der Waals surface area contributed by atoms with Crippen LogP contribution in [0.25, 0.3) is 0 Å². The Morgan fingerprint density at radius 2 is 1.59 bits per heavy atom. The summed E-state index contributed by atoms with van der Waals surface area (Å²) in [7, 11) is 0. The third kappa shape index (κ3) is 8.09. The lowest BCUT2D eigenvalue weighted by Gasteiger charge is -2.15. The molecule has 0 spiro atoms. The van der Waals surface area contributed by atoms with Crippen LogP contribution in [-0.4, -0.2) is 23.0 Å². The number of carbonyl (C=O) groups is 2. The fraction of sp³-hybridized carbons (Fsp3) is 0.240. The van der Waals surface area contributed by atoms with Crippen molar-refractivity contribution in [2.75, 3.05) is 10.6 Å². The molecule has 0 atom stereocenters. The van der Waals surface area contributed by atoms with Crippen LogP contribution in [0.3, 0.4) is 0 Å². The second kappa shape index (κ2) is 12.4. The van der Waals surface area contributed by atoms with Crippen molar-refractivity contribution in [1.29, 1.82) is 0 Å². The molecule has 0 fully saturated rings. The second-order valence-electron chi connectivity index (χ2n) is 7.89. The minimum absolute atomic E-state index is 0.0678. The van der Waals surface area contributed by atoms with Gasteiger partial charge in [-0.2, -0.15) is 13.2 Å². The molecule has 0 saturated heterocycles. The highest BCUT2D eigenvalue weighted by Gasteiger charge is 2.33. The van der Waals surface area contributed by atoms with Crippen molar-refractivity contribution in [1.82, 2.24) is 15.8 Å². The van der Waals surface area contributed by atoms with E-state index in [1.165, 1.54) is 18.3 Å². The maximum atomic E-state index is 13.0. The summed E-state index contributed by atoms with van der Waals surface area (Å²) in [5, 5.41) is 4.39. The number of alkyl halides is 3. The van der Waals surface area contributed by atoms with Crippen molar-refractivity contribution in [2.24, 2.45) is 0 Å². The zero-order valence-electron chi connectivity index (χ0n) is 19.9. The van der Waals surface area contributed by atoms with Gasteiger partial charge in [0.2, 0.25) is 0 Å². The van der Waals surface area contributed by atoms with E-state index in [0.29, 0.717) is 17.2 Å². The number of benzene rings is 2. The first kappa shape index (κ1) is 27.8. The summed E-state index contributed by atoms with van der Waals surface area (Å²) in [6.45, 7) is 4.03. The van der Waals surface area contributed by atoms with Gasteiger partial charge in [0.05, 0.1) is 10.6 Å². The molecule has 0 unspecified atom stereocenters. The van der Waals surface area contributed by atoms with Crippen molar-refractivity contribution in [3.8, 4) is 11.5 Å². The van der Waals surface area contributed by atoms with Gasteiger partial charge >= 0.3 is 12.2 Å². The Hall–Kier alpha value is -3.83. The Labute approximate surface area is 216 Å². The van der Waals surface area contributed by atoms with Crippen molar-refractivity contribution >= 4 is 34.9 Å². The summed E-state index contributed by atoms with van der Waals surface area (Å²) in [6, 6.07) is 11.8. The van der Waals surface area contributed by atoms with E-state index in [2.05, 4.69) is 26.5 Å². The van der Waals surface area contributed by atoms with E-state index in [0.717, 1.165) is 25.0 Å². The summed E-state index contributed by atoms with van der Waals surface area (Å²) in [5.74, 6) is 0.404. The normalized spacial score (nSPS) is 11.2. The highest BCUT2D eigenvalue weighted by Crippen LogP contribution is 2.36. The molecule has 3 amide bonds. The number of amides is 3. The average molecular weight is 536 g/mol. The lowest BCUT2D eigenvalue weighted by atomic mass is 10.2. The molecule has 3 rings (SSSR count). The predicted octanol–water partition coefficient (Wildman–Crippen LogP) is 6.61. The van der Waals surface area contributed by atoms with Gasteiger partial charge in [-0.05, 0) is 61.4 Å². The zero-order valence-corrected chi connectivity index (χ0v) is 20.7. The molecule has 0 aliphatic rings. The Kier molecular flexibility index (Phi) is 9.31. The molecule has 4 N–H and O–H groups in total. The van der Waals surface area contributed by atoms with Crippen LogP contribution in [0.1, 0.15) is 42.7 Å². The number of urea groups is 1. The van der Waals surface area contributed by atoms with Gasteiger partial charge in [-0.25, -0.2) is 10.2 Å². The number of hydrogen-bond acceptors (Lipinski definition) is 5. The molecule has 1 aromatic heterocycles. The maximum Gasteiger partial charge on any atom is 0.417 e. The molecular formula is C25H25ClF3N5O3. The van der Waals surface area contributed by atoms with Gasteiger partial charge in [-0.1, -0.05) is 25.4 Å². The van der Waals surface area contributed by atoms with Gasteiger partial charge in [-0.15, -0.1) is 0 Å². The average Bonchev–Trinajstić information content (AvgIpc) is 2.86. The van der Waals surface area contributed by atoms with Crippen LogP contribution >= 0.6 is 11.6 Å². The molecule has 196 valence electrons. The standard InChI is InChI=1S/C25H25ClF3N5O3/c1-3-15(4-2)33-34-23(35)22-14-19(11-12-30-22)37-18-8-5-16(6-9-18)31-24(36)32-17-7-10-21(26)20(13-17)25(27,28)29/h5-15,33H,3-4H2,1-2H3,(H,34,35)(H2,31,32,36). The van der Waals surface area contributed by atoms with Crippen molar-refractivity contribution in [2.45, 2.75) is 38.9 Å². The number of anilines is 2. The predicted molar refractivity (Wildman–Crippen MR) is 135 cm³/mol. The molecule has 8 nitrogen and oxygen atoms in total. The van der Waals surface area contributed by atoms with Crippen LogP contribution in [-0.2, 0) is 6.18 Å². The lowest BCUT2D eigenvalue weighted by molar-refractivity contribution is -0.137. The number of pyridine rings is 1. The van der Waals surface area contributed by atoms with Crippen molar-refractivity contribution < 1.29 is 27.5 Å². The Morgan fingerprint density at radius 3 is 2.24 bits per heavy atom. The van der Waals surface area contributed by atoms with Crippen molar-refractivity contribution in [3.05, 3.63) is 77.1 Å². The monoisotopic (exact) mass is 535 g/mol. The molecule has 0 aliphatic heterocycles.